The van der Waals surface area contributed by atoms with Crippen LogP contribution in [-0.4, -0.2) is 53.8 Å². The molecule has 0 radical (unpaired) electrons. The smallest absolute Gasteiger partial charge is 0.259 e. The van der Waals surface area contributed by atoms with Crippen molar-refractivity contribution in [2.45, 2.75) is 57.3 Å². The van der Waals surface area contributed by atoms with Gasteiger partial charge in [-0.15, -0.1) is 0 Å². The highest BCUT2D eigenvalue weighted by molar-refractivity contribution is 5.96. The number of hydrogen-bond donors (Lipinski definition) is 0. The van der Waals surface area contributed by atoms with Gasteiger partial charge in [-0.2, -0.15) is 0 Å². The van der Waals surface area contributed by atoms with Gasteiger partial charge in [0.15, 0.2) is 0 Å². The first-order valence-corrected chi connectivity index (χ1v) is 11.4. The molecule has 6 nitrogen and oxygen atoms in total. The molecule has 0 aliphatic carbocycles. The van der Waals surface area contributed by atoms with Gasteiger partial charge in [0.05, 0.1) is 24.4 Å². The molecule has 1 aromatic heterocycles. The van der Waals surface area contributed by atoms with E-state index in [-0.39, 0.29) is 23.7 Å². The Morgan fingerprint density at radius 2 is 1.90 bits per heavy atom. The van der Waals surface area contributed by atoms with E-state index in [1.165, 1.54) is 5.56 Å². The van der Waals surface area contributed by atoms with Crippen molar-refractivity contribution in [2.75, 3.05) is 26.3 Å². The van der Waals surface area contributed by atoms with Crippen LogP contribution in [0.15, 0.2) is 48.7 Å². The normalized spacial score (nSPS) is 23.0. The molecule has 0 bridgehead atoms. The molecule has 6 heteroatoms. The fourth-order valence-corrected chi connectivity index (χ4v) is 4.78. The molecule has 0 saturated carbocycles. The van der Waals surface area contributed by atoms with Gasteiger partial charge >= 0.3 is 0 Å². The topological polar surface area (TPSA) is 60.9 Å². The van der Waals surface area contributed by atoms with Crippen LogP contribution in [0.5, 0.6) is 5.88 Å². The number of pyridine rings is 1. The van der Waals surface area contributed by atoms with Crippen LogP contribution in [0.1, 0.15) is 61.6 Å². The lowest BCUT2D eigenvalue weighted by molar-refractivity contribution is -0.190. The number of carbonyl (C=O) groups is 1. The molecule has 166 valence electrons. The minimum atomic E-state index is -0.257. The monoisotopic (exact) mass is 424 g/mol. The van der Waals surface area contributed by atoms with Crippen molar-refractivity contribution in [2.24, 2.45) is 0 Å². The highest BCUT2D eigenvalue weighted by Crippen LogP contribution is 2.44. The molecule has 0 unspecified atom stereocenters. The summed E-state index contributed by atoms with van der Waals surface area (Å²) in [4.78, 5) is 19.3. The van der Waals surface area contributed by atoms with Gasteiger partial charge in [-0.25, -0.2) is 4.98 Å². The first-order chi connectivity index (χ1) is 15.1. The lowest BCUT2D eigenvalue weighted by Crippen LogP contribution is -2.52. The second-order valence-corrected chi connectivity index (χ2v) is 8.30. The second-order valence-electron chi connectivity index (χ2n) is 8.30. The molecule has 3 heterocycles. The van der Waals surface area contributed by atoms with Crippen LogP contribution in [-0.2, 0) is 9.47 Å². The van der Waals surface area contributed by atoms with Crippen LogP contribution in [0.3, 0.4) is 0 Å². The molecule has 4 rings (SSSR count). The van der Waals surface area contributed by atoms with Gasteiger partial charge in [0.25, 0.3) is 5.91 Å². The Kier molecular flexibility index (Phi) is 6.88. The molecule has 1 amide bonds. The van der Waals surface area contributed by atoms with Gasteiger partial charge in [-0.05, 0) is 44.4 Å². The number of benzene rings is 1. The fourth-order valence-electron chi connectivity index (χ4n) is 4.78. The maximum atomic E-state index is 13.2. The minimum Gasteiger partial charge on any atom is -0.477 e. The molecule has 1 aromatic carbocycles. The zero-order valence-electron chi connectivity index (χ0n) is 18.5. The summed E-state index contributed by atoms with van der Waals surface area (Å²) in [7, 11) is 0. The van der Waals surface area contributed by atoms with Crippen molar-refractivity contribution in [3.8, 4) is 5.88 Å². The summed E-state index contributed by atoms with van der Waals surface area (Å²) in [5, 5.41) is 0. The Morgan fingerprint density at radius 1 is 1.13 bits per heavy atom. The van der Waals surface area contributed by atoms with E-state index in [0.717, 1.165) is 25.7 Å². The average Bonchev–Trinajstić information content (AvgIpc) is 2.80. The van der Waals surface area contributed by atoms with E-state index in [4.69, 9.17) is 14.2 Å². The van der Waals surface area contributed by atoms with E-state index in [2.05, 4.69) is 29.2 Å². The second kappa shape index (κ2) is 9.79. The van der Waals surface area contributed by atoms with Crippen molar-refractivity contribution in [3.63, 3.8) is 0 Å². The first-order valence-electron chi connectivity index (χ1n) is 11.4. The van der Waals surface area contributed by atoms with Gasteiger partial charge in [-0.1, -0.05) is 30.3 Å². The lowest BCUT2D eigenvalue weighted by atomic mass is 9.80. The third-order valence-corrected chi connectivity index (χ3v) is 6.29. The lowest BCUT2D eigenvalue weighted by Gasteiger charge is -2.48. The van der Waals surface area contributed by atoms with Crippen molar-refractivity contribution < 1.29 is 19.0 Å². The van der Waals surface area contributed by atoms with E-state index < -0.39 is 0 Å². The molecule has 2 fully saturated rings. The highest BCUT2D eigenvalue weighted by atomic mass is 16.5. The van der Waals surface area contributed by atoms with E-state index in [1.54, 1.807) is 18.3 Å². The van der Waals surface area contributed by atoms with E-state index in [9.17, 15) is 4.79 Å². The van der Waals surface area contributed by atoms with Crippen LogP contribution < -0.4 is 4.74 Å². The maximum absolute atomic E-state index is 13.2. The molecule has 2 aromatic rings. The van der Waals surface area contributed by atoms with Crippen molar-refractivity contribution >= 4 is 5.91 Å². The molecular weight excluding hydrogens is 392 g/mol. The quantitative estimate of drug-likeness (QED) is 0.687. The molecule has 2 atom stereocenters. The molecule has 1 spiro atoms. The molecular formula is C25H32N2O4. The van der Waals surface area contributed by atoms with Crippen LogP contribution >= 0.6 is 0 Å². The van der Waals surface area contributed by atoms with E-state index >= 15 is 0 Å². The van der Waals surface area contributed by atoms with E-state index in [0.29, 0.717) is 37.7 Å². The molecule has 2 aliphatic rings. The Labute approximate surface area is 184 Å². The summed E-state index contributed by atoms with van der Waals surface area (Å²) < 4.78 is 18.3. The van der Waals surface area contributed by atoms with Crippen LogP contribution in [0.4, 0.5) is 0 Å². The van der Waals surface area contributed by atoms with Crippen LogP contribution in [0.25, 0.3) is 0 Å². The summed E-state index contributed by atoms with van der Waals surface area (Å²) in [6.07, 6.45) is 5.20. The molecule has 2 saturated heterocycles. The number of likely N-dealkylation sites (tertiary alicyclic amines) is 1. The number of rotatable bonds is 6. The SMILES string of the molecule is CCOc1ncccc1C(=O)N1CCC2(CC1)C[C@@H](OCC)C[C@@H](c1ccccc1)O2. The average molecular weight is 425 g/mol. The summed E-state index contributed by atoms with van der Waals surface area (Å²) in [6.45, 7) is 6.43. The third kappa shape index (κ3) is 4.91. The van der Waals surface area contributed by atoms with E-state index in [1.807, 2.05) is 24.8 Å². The largest absolute Gasteiger partial charge is 0.477 e. The number of piperidine rings is 1. The fraction of sp³-hybridized carbons (Fsp3) is 0.520. The number of nitrogens with zero attached hydrogens (tertiary/aromatic N) is 2. The van der Waals surface area contributed by atoms with Gasteiger partial charge in [0.2, 0.25) is 5.88 Å². The number of hydrogen-bond acceptors (Lipinski definition) is 5. The Bertz CT molecular complexity index is 865. The van der Waals surface area contributed by atoms with Gasteiger partial charge in [-0.3, -0.25) is 4.79 Å². The Morgan fingerprint density at radius 3 is 2.61 bits per heavy atom. The summed E-state index contributed by atoms with van der Waals surface area (Å²) in [5.74, 6) is 0.382. The predicted molar refractivity (Wildman–Crippen MR) is 118 cm³/mol. The zero-order valence-corrected chi connectivity index (χ0v) is 18.5. The van der Waals surface area contributed by atoms with Crippen molar-refractivity contribution in [3.05, 3.63) is 59.8 Å². The molecule has 2 aliphatic heterocycles. The van der Waals surface area contributed by atoms with Gasteiger partial charge in [0.1, 0.15) is 5.56 Å². The number of amides is 1. The minimum absolute atomic E-state index is 0.0247. The summed E-state index contributed by atoms with van der Waals surface area (Å²) in [6, 6.07) is 14.0. The van der Waals surface area contributed by atoms with Crippen molar-refractivity contribution in [1.29, 1.82) is 0 Å². The Balaban J connectivity index is 1.47. The van der Waals surface area contributed by atoms with Crippen molar-refractivity contribution in [1.82, 2.24) is 9.88 Å². The molecule has 31 heavy (non-hydrogen) atoms. The zero-order chi connectivity index (χ0) is 21.7. The standard InChI is InChI=1S/C25H32N2O4/c1-3-29-20-17-22(19-9-6-5-7-10-19)31-25(18-20)12-15-27(16-13-25)24(28)21-11-8-14-26-23(21)30-4-2/h5-11,14,20,22H,3-4,12-13,15-18H2,1-2H3/t20-,22-/m0/s1. The first kappa shape index (κ1) is 21.8. The summed E-state index contributed by atoms with van der Waals surface area (Å²) in [5.41, 5.74) is 1.47. The van der Waals surface area contributed by atoms with Gasteiger partial charge in [0, 0.05) is 38.7 Å². The number of carbonyl (C=O) groups excluding carboxylic acids is 1. The number of aromatic nitrogens is 1. The van der Waals surface area contributed by atoms with Crippen LogP contribution in [0.2, 0.25) is 0 Å². The highest BCUT2D eigenvalue weighted by Gasteiger charge is 2.45. The third-order valence-electron chi connectivity index (χ3n) is 6.29. The van der Waals surface area contributed by atoms with Crippen LogP contribution in [0, 0.1) is 0 Å². The predicted octanol–water partition coefficient (Wildman–Crippen LogP) is 4.41. The van der Waals surface area contributed by atoms with Gasteiger partial charge < -0.3 is 19.1 Å². The Hall–Kier alpha value is -2.44. The maximum Gasteiger partial charge on any atom is 0.259 e. The number of ether oxygens (including phenoxy) is 3. The summed E-state index contributed by atoms with van der Waals surface area (Å²) >= 11 is 0. The molecule has 0 N–H and O–H groups in total.